The number of nitrogens with zero attached hydrogens (tertiary/aromatic N) is 1. The van der Waals surface area contributed by atoms with Gasteiger partial charge in [0.15, 0.2) is 0 Å². The maximum Gasteiger partial charge on any atom is 0.227 e. The summed E-state index contributed by atoms with van der Waals surface area (Å²) in [6.07, 6.45) is 8.44. The van der Waals surface area contributed by atoms with Crippen molar-refractivity contribution in [2.75, 3.05) is 13.6 Å². The van der Waals surface area contributed by atoms with E-state index in [1.807, 2.05) is 11.9 Å². The Kier molecular flexibility index (Phi) is 4.66. The van der Waals surface area contributed by atoms with Gasteiger partial charge in [-0.3, -0.25) is 4.79 Å². The number of carbonyl (C=O) groups is 1. The third-order valence-electron chi connectivity index (χ3n) is 4.87. The molecular formula is C15H28N2O. The van der Waals surface area contributed by atoms with Crippen LogP contribution >= 0.6 is 0 Å². The summed E-state index contributed by atoms with van der Waals surface area (Å²) < 4.78 is 0. The Balaban J connectivity index is 1.88. The monoisotopic (exact) mass is 252 g/mol. The van der Waals surface area contributed by atoms with Crippen molar-refractivity contribution in [3.63, 3.8) is 0 Å². The van der Waals surface area contributed by atoms with Gasteiger partial charge in [0.05, 0.1) is 5.92 Å². The fourth-order valence-corrected chi connectivity index (χ4v) is 3.64. The fourth-order valence-electron chi connectivity index (χ4n) is 3.64. The first-order valence-corrected chi connectivity index (χ1v) is 7.58. The zero-order valence-electron chi connectivity index (χ0n) is 11.9. The Labute approximate surface area is 111 Å². The zero-order chi connectivity index (χ0) is 13.1. The van der Waals surface area contributed by atoms with Gasteiger partial charge in [0.2, 0.25) is 5.91 Å². The Morgan fingerprint density at radius 2 is 1.89 bits per heavy atom. The lowest BCUT2D eigenvalue weighted by atomic mass is 9.78. The van der Waals surface area contributed by atoms with Crippen LogP contribution in [0.1, 0.15) is 51.9 Å². The zero-order valence-corrected chi connectivity index (χ0v) is 11.9. The summed E-state index contributed by atoms with van der Waals surface area (Å²) in [5.41, 5.74) is 6.14. The molecule has 0 heterocycles. The minimum absolute atomic E-state index is 0.0696. The molecule has 3 nitrogen and oxygen atoms in total. The molecule has 0 aromatic rings. The molecule has 104 valence electrons. The molecule has 0 aromatic carbocycles. The van der Waals surface area contributed by atoms with Crippen LogP contribution in [0, 0.1) is 17.8 Å². The van der Waals surface area contributed by atoms with E-state index >= 15 is 0 Å². The molecule has 2 aliphatic carbocycles. The summed E-state index contributed by atoms with van der Waals surface area (Å²) in [7, 11) is 1.96. The summed E-state index contributed by atoms with van der Waals surface area (Å²) >= 11 is 0. The highest BCUT2D eigenvalue weighted by Crippen LogP contribution is 2.30. The Bertz CT molecular complexity index is 286. The summed E-state index contributed by atoms with van der Waals surface area (Å²) in [6.45, 7) is 3.18. The third kappa shape index (κ3) is 3.25. The molecule has 18 heavy (non-hydrogen) atoms. The van der Waals surface area contributed by atoms with Gasteiger partial charge in [0, 0.05) is 19.6 Å². The summed E-state index contributed by atoms with van der Waals surface area (Å²) in [6, 6.07) is 0.0831. The van der Waals surface area contributed by atoms with Gasteiger partial charge in [-0.15, -0.1) is 0 Å². The molecule has 3 atom stereocenters. The maximum atomic E-state index is 12.5. The number of amides is 1. The van der Waals surface area contributed by atoms with Crippen molar-refractivity contribution in [2.45, 2.75) is 57.9 Å². The molecule has 0 spiro atoms. The summed E-state index contributed by atoms with van der Waals surface area (Å²) in [5.74, 6) is 1.75. The van der Waals surface area contributed by atoms with Crippen molar-refractivity contribution in [3.05, 3.63) is 0 Å². The summed E-state index contributed by atoms with van der Waals surface area (Å²) in [4.78, 5) is 14.4. The van der Waals surface area contributed by atoms with Crippen molar-refractivity contribution in [3.8, 4) is 0 Å². The van der Waals surface area contributed by atoms with Crippen LogP contribution in [-0.2, 0) is 4.79 Å². The summed E-state index contributed by atoms with van der Waals surface area (Å²) in [5, 5.41) is 0. The van der Waals surface area contributed by atoms with E-state index in [9.17, 15) is 4.79 Å². The van der Waals surface area contributed by atoms with Crippen LogP contribution in [0.5, 0.6) is 0 Å². The van der Waals surface area contributed by atoms with Crippen molar-refractivity contribution in [2.24, 2.45) is 23.5 Å². The van der Waals surface area contributed by atoms with Gasteiger partial charge in [-0.2, -0.15) is 0 Å². The lowest BCUT2D eigenvalue weighted by Crippen LogP contribution is -2.46. The first kappa shape index (κ1) is 13.9. The molecule has 2 N–H and O–H groups in total. The molecule has 2 aliphatic rings. The molecule has 0 bridgehead atoms. The van der Waals surface area contributed by atoms with Crippen molar-refractivity contribution < 1.29 is 4.79 Å². The van der Waals surface area contributed by atoms with Crippen LogP contribution in [0.25, 0.3) is 0 Å². The van der Waals surface area contributed by atoms with Crippen molar-refractivity contribution in [1.29, 1.82) is 0 Å². The number of nitrogens with two attached hydrogens (primary N) is 1. The molecule has 3 heteroatoms. The van der Waals surface area contributed by atoms with Crippen LogP contribution in [-0.4, -0.2) is 30.4 Å². The van der Waals surface area contributed by atoms with Gasteiger partial charge in [-0.1, -0.05) is 19.8 Å². The van der Waals surface area contributed by atoms with Crippen LogP contribution in [0.4, 0.5) is 0 Å². The minimum Gasteiger partial charge on any atom is -0.345 e. The average Bonchev–Trinajstić information content (AvgIpc) is 2.84. The van der Waals surface area contributed by atoms with E-state index < -0.39 is 0 Å². The van der Waals surface area contributed by atoms with Gasteiger partial charge in [-0.05, 0) is 43.9 Å². The predicted octanol–water partition coefficient (Wildman–Crippen LogP) is 2.40. The molecule has 2 rings (SSSR count). The number of rotatable bonds is 3. The van der Waals surface area contributed by atoms with Crippen LogP contribution in [0.15, 0.2) is 0 Å². The van der Waals surface area contributed by atoms with Gasteiger partial charge >= 0.3 is 0 Å². The molecular weight excluding hydrogens is 224 g/mol. The lowest BCUT2D eigenvalue weighted by molar-refractivity contribution is -0.136. The van der Waals surface area contributed by atoms with E-state index in [2.05, 4.69) is 6.92 Å². The Hall–Kier alpha value is -0.570. The highest BCUT2D eigenvalue weighted by Gasteiger charge is 2.33. The second-order valence-electron chi connectivity index (χ2n) is 6.56. The second-order valence-corrected chi connectivity index (χ2v) is 6.56. The van der Waals surface area contributed by atoms with E-state index in [1.165, 1.54) is 32.1 Å². The molecule has 0 saturated heterocycles. The molecule has 3 unspecified atom stereocenters. The van der Waals surface area contributed by atoms with Crippen LogP contribution in [0.3, 0.4) is 0 Å². The van der Waals surface area contributed by atoms with E-state index in [4.69, 9.17) is 5.73 Å². The predicted molar refractivity (Wildman–Crippen MR) is 74.1 cm³/mol. The van der Waals surface area contributed by atoms with Crippen molar-refractivity contribution >= 4 is 5.91 Å². The van der Waals surface area contributed by atoms with Crippen LogP contribution in [0.2, 0.25) is 0 Å². The Morgan fingerprint density at radius 3 is 2.56 bits per heavy atom. The fraction of sp³-hybridized carbons (Fsp3) is 0.933. The molecule has 2 fully saturated rings. The molecule has 0 radical (unpaired) electrons. The molecule has 1 amide bonds. The maximum absolute atomic E-state index is 12.5. The van der Waals surface area contributed by atoms with E-state index in [0.29, 0.717) is 11.8 Å². The first-order valence-electron chi connectivity index (χ1n) is 7.58. The quantitative estimate of drug-likeness (QED) is 0.838. The lowest BCUT2D eigenvalue weighted by Gasteiger charge is -2.34. The standard InChI is InChI=1S/C15H28N2O/c1-11-7-8-14(16)13(9-11)15(18)17(2)10-12-5-3-4-6-12/h11-14H,3-10,16H2,1-2H3. The molecule has 0 aliphatic heterocycles. The smallest absolute Gasteiger partial charge is 0.227 e. The SMILES string of the molecule is CC1CCC(N)C(C(=O)N(C)CC2CCCC2)C1. The Morgan fingerprint density at radius 1 is 1.22 bits per heavy atom. The topological polar surface area (TPSA) is 46.3 Å². The highest BCUT2D eigenvalue weighted by molar-refractivity contribution is 5.79. The van der Waals surface area contributed by atoms with Gasteiger partial charge < -0.3 is 10.6 Å². The van der Waals surface area contributed by atoms with Gasteiger partial charge in [0.1, 0.15) is 0 Å². The number of carbonyl (C=O) groups excluding carboxylic acids is 1. The van der Waals surface area contributed by atoms with E-state index in [-0.39, 0.29) is 12.0 Å². The minimum atomic E-state index is 0.0696. The van der Waals surface area contributed by atoms with E-state index in [1.54, 1.807) is 0 Å². The second kappa shape index (κ2) is 6.05. The highest BCUT2D eigenvalue weighted by atomic mass is 16.2. The van der Waals surface area contributed by atoms with Crippen LogP contribution < -0.4 is 5.73 Å². The third-order valence-corrected chi connectivity index (χ3v) is 4.87. The molecule has 2 saturated carbocycles. The van der Waals surface area contributed by atoms with Gasteiger partial charge in [-0.25, -0.2) is 0 Å². The average molecular weight is 252 g/mol. The largest absolute Gasteiger partial charge is 0.345 e. The first-order chi connectivity index (χ1) is 8.58. The normalized spacial score (nSPS) is 33.6. The number of hydrogen-bond acceptors (Lipinski definition) is 2. The number of hydrogen-bond donors (Lipinski definition) is 1. The van der Waals surface area contributed by atoms with E-state index in [0.717, 1.165) is 25.3 Å². The van der Waals surface area contributed by atoms with Gasteiger partial charge in [0.25, 0.3) is 0 Å². The van der Waals surface area contributed by atoms with Crippen molar-refractivity contribution in [1.82, 2.24) is 4.90 Å². The molecule has 0 aromatic heterocycles.